The number of aliphatic hydroxyl groups is 2. The number of nitrogens with one attached hydrogen (secondary N) is 1. The van der Waals surface area contributed by atoms with Gasteiger partial charge in [-0.15, -0.1) is 0 Å². The van der Waals surface area contributed by atoms with E-state index in [9.17, 15) is 24.2 Å². The summed E-state index contributed by atoms with van der Waals surface area (Å²) in [6.45, 7) is 4.26. The SMILES string of the molecule is CC(C)c1c(C(=O)Nc2ccccc2)c(-c2ccc3ccccc3c2)c(-c2ccc(F)cc2)n1CC[C@@H](O)C[C@@H](O)CC(=O)O. The number of para-hydroxylation sites is 1. The highest BCUT2D eigenvalue weighted by atomic mass is 19.1. The lowest BCUT2D eigenvalue weighted by molar-refractivity contribution is -0.139. The number of benzene rings is 4. The zero-order valence-corrected chi connectivity index (χ0v) is 25.3. The quantitative estimate of drug-likeness (QED) is 0.117. The molecular formula is C37H37FN2O5. The first-order valence-corrected chi connectivity index (χ1v) is 15.1. The predicted molar refractivity (Wildman–Crippen MR) is 175 cm³/mol. The van der Waals surface area contributed by atoms with Gasteiger partial charge in [0.2, 0.25) is 0 Å². The number of hydrogen-bond acceptors (Lipinski definition) is 4. The highest BCUT2D eigenvalue weighted by Crippen LogP contribution is 2.43. The van der Waals surface area contributed by atoms with Gasteiger partial charge < -0.3 is 25.2 Å². The fourth-order valence-electron chi connectivity index (χ4n) is 5.94. The number of carboxylic acid groups (broad SMARTS) is 1. The van der Waals surface area contributed by atoms with Crippen LogP contribution in [0, 0.1) is 5.82 Å². The number of aliphatic hydroxyl groups excluding tert-OH is 2. The molecule has 0 unspecified atom stereocenters. The van der Waals surface area contributed by atoms with Gasteiger partial charge >= 0.3 is 5.97 Å². The van der Waals surface area contributed by atoms with Crippen molar-refractivity contribution in [1.82, 2.24) is 4.57 Å². The van der Waals surface area contributed by atoms with Crippen molar-refractivity contribution in [3.8, 4) is 22.4 Å². The van der Waals surface area contributed by atoms with Crippen LogP contribution in [0.1, 0.15) is 55.1 Å². The smallest absolute Gasteiger partial charge is 0.305 e. The zero-order chi connectivity index (χ0) is 32.1. The Labute approximate surface area is 261 Å². The van der Waals surface area contributed by atoms with Crippen LogP contribution in [0.2, 0.25) is 0 Å². The van der Waals surface area contributed by atoms with Gasteiger partial charge in [0.15, 0.2) is 0 Å². The number of carbonyl (C=O) groups is 2. The monoisotopic (exact) mass is 608 g/mol. The first-order chi connectivity index (χ1) is 21.6. The Morgan fingerprint density at radius 2 is 1.47 bits per heavy atom. The summed E-state index contributed by atoms with van der Waals surface area (Å²) in [6, 6.07) is 29.3. The molecule has 0 saturated heterocycles. The summed E-state index contributed by atoms with van der Waals surface area (Å²) in [5, 5.41) is 35.1. The largest absolute Gasteiger partial charge is 0.481 e. The third-order valence-corrected chi connectivity index (χ3v) is 7.91. The van der Waals surface area contributed by atoms with Crippen LogP contribution in [0.4, 0.5) is 10.1 Å². The summed E-state index contributed by atoms with van der Waals surface area (Å²) in [5.41, 5.74) is 4.74. The lowest BCUT2D eigenvalue weighted by Crippen LogP contribution is -2.22. The van der Waals surface area contributed by atoms with Crippen molar-refractivity contribution in [2.75, 3.05) is 5.32 Å². The van der Waals surface area contributed by atoms with E-state index in [4.69, 9.17) is 5.11 Å². The number of halogens is 1. The summed E-state index contributed by atoms with van der Waals surface area (Å²) in [6.07, 6.45) is -2.56. The normalized spacial score (nSPS) is 12.8. The maximum Gasteiger partial charge on any atom is 0.305 e. The van der Waals surface area contributed by atoms with Crippen LogP contribution in [0.5, 0.6) is 0 Å². The first-order valence-electron chi connectivity index (χ1n) is 15.1. The van der Waals surface area contributed by atoms with Gasteiger partial charge in [-0.2, -0.15) is 0 Å². The average molecular weight is 609 g/mol. The zero-order valence-electron chi connectivity index (χ0n) is 25.3. The van der Waals surface area contributed by atoms with Crippen molar-refractivity contribution in [3.63, 3.8) is 0 Å². The number of nitrogens with zero attached hydrogens (tertiary/aromatic N) is 1. The number of anilines is 1. The molecule has 0 aliphatic heterocycles. The van der Waals surface area contributed by atoms with Gasteiger partial charge in [0, 0.05) is 23.5 Å². The average Bonchev–Trinajstić information content (AvgIpc) is 3.36. The van der Waals surface area contributed by atoms with E-state index in [0.29, 0.717) is 28.1 Å². The Morgan fingerprint density at radius 3 is 2.13 bits per heavy atom. The number of hydrogen-bond donors (Lipinski definition) is 4. The van der Waals surface area contributed by atoms with Gasteiger partial charge in [-0.25, -0.2) is 4.39 Å². The molecule has 4 N–H and O–H groups in total. The standard InChI is InChI=1S/C37H37FN2O5/c1-23(2)35-34(37(45)39-29-10-4-3-5-11-29)33(27-13-12-24-8-6-7-9-26(24)20-27)36(25-14-16-28(38)17-15-25)40(35)19-18-30(41)21-31(42)22-32(43)44/h3-17,20,23,30-31,41-42H,18-19,21-22H2,1-2H3,(H,39,45)(H,43,44)/t30-,31-/m1/s1. The van der Waals surface area contributed by atoms with Crippen LogP contribution in [0.3, 0.4) is 0 Å². The van der Waals surface area contributed by atoms with Crippen LogP contribution in [0.15, 0.2) is 97.1 Å². The van der Waals surface area contributed by atoms with Gasteiger partial charge in [0.05, 0.1) is 29.9 Å². The molecule has 0 spiro atoms. The summed E-state index contributed by atoms with van der Waals surface area (Å²) < 4.78 is 16.2. The lowest BCUT2D eigenvalue weighted by atomic mass is 9.93. The van der Waals surface area contributed by atoms with Crippen molar-refractivity contribution >= 4 is 28.3 Å². The van der Waals surface area contributed by atoms with E-state index < -0.39 is 30.4 Å². The van der Waals surface area contributed by atoms with E-state index in [1.54, 1.807) is 12.1 Å². The fourth-order valence-corrected chi connectivity index (χ4v) is 5.94. The van der Waals surface area contributed by atoms with E-state index >= 15 is 0 Å². The Bertz CT molecular complexity index is 1800. The molecule has 0 aliphatic rings. The van der Waals surface area contributed by atoms with Gasteiger partial charge in [0.25, 0.3) is 5.91 Å². The molecule has 1 heterocycles. The summed E-state index contributed by atoms with van der Waals surface area (Å²) >= 11 is 0. The predicted octanol–water partition coefficient (Wildman–Crippen LogP) is 7.47. The number of rotatable bonds is 12. The Morgan fingerprint density at radius 1 is 0.822 bits per heavy atom. The number of carboxylic acids is 1. The molecule has 5 rings (SSSR count). The Balaban J connectivity index is 1.72. The van der Waals surface area contributed by atoms with Gasteiger partial charge in [-0.05, 0) is 83.1 Å². The third kappa shape index (κ3) is 7.30. The molecule has 0 aliphatic carbocycles. The molecular weight excluding hydrogens is 571 g/mol. The minimum atomic E-state index is -1.19. The lowest BCUT2D eigenvalue weighted by Gasteiger charge is -2.20. The molecule has 2 atom stereocenters. The van der Waals surface area contributed by atoms with E-state index in [2.05, 4.69) is 5.32 Å². The van der Waals surface area contributed by atoms with Crippen molar-refractivity contribution in [3.05, 3.63) is 114 Å². The molecule has 7 nitrogen and oxygen atoms in total. The second kappa shape index (κ2) is 13.9. The number of aromatic nitrogens is 1. The second-order valence-electron chi connectivity index (χ2n) is 11.6. The van der Waals surface area contributed by atoms with Gasteiger partial charge in [0.1, 0.15) is 5.82 Å². The van der Waals surface area contributed by atoms with Crippen LogP contribution in [-0.4, -0.2) is 44.0 Å². The maximum atomic E-state index is 14.3. The maximum absolute atomic E-state index is 14.3. The molecule has 1 aromatic heterocycles. The molecule has 0 fully saturated rings. The minimum Gasteiger partial charge on any atom is -0.481 e. The summed E-state index contributed by atoms with van der Waals surface area (Å²) in [7, 11) is 0. The number of amides is 1. The highest BCUT2D eigenvalue weighted by molar-refractivity contribution is 6.13. The minimum absolute atomic E-state index is 0.102. The van der Waals surface area contributed by atoms with Crippen LogP contribution < -0.4 is 5.32 Å². The highest BCUT2D eigenvalue weighted by Gasteiger charge is 2.31. The van der Waals surface area contributed by atoms with E-state index in [1.165, 1.54) is 12.1 Å². The van der Waals surface area contributed by atoms with Crippen molar-refractivity contribution in [1.29, 1.82) is 0 Å². The molecule has 8 heteroatoms. The number of aliphatic carboxylic acids is 1. The fraction of sp³-hybridized carbons (Fsp3) is 0.243. The number of carbonyl (C=O) groups excluding carboxylic acids is 1. The van der Waals surface area contributed by atoms with E-state index in [0.717, 1.165) is 22.0 Å². The van der Waals surface area contributed by atoms with E-state index in [1.807, 2.05) is 91.2 Å². The molecule has 232 valence electrons. The van der Waals surface area contributed by atoms with Crippen LogP contribution >= 0.6 is 0 Å². The Hall–Kier alpha value is -4.79. The Kier molecular flexibility index (Phi) is 9.76. The first kappa shape index (κ1) is 31.6. The molecule has 45 heavy (non-hydrogen) atoms. The summed E-state index contributed by atoms with van der Waals surface area (Å²) in [4.78, 5) is 25.4. The van der Waals surface area contributed by atoms with Crippen molar-refractivity contribution in [2.45, 2.75) is 57.8 Å². The molecule has 0 saturated carbocycles. The van der Waals surface area contributed by atoms with E-state index in [-0.39, 0.29) is 31.2 Å². The molecule has 0 radical (unpaired) electrons. The molecule has 0 bridgehead atoms. The van der Waals surface area contributed by atoms with Gasteiger partial charge in [-0.3, -0.25) is 9.59 Å². The third-order valence-electron chi connectivity index (χ3n) is 7.91. The van der Waals surface area contributed by atoms with Crippen molar-refractivity contribution in [2.24, 2.45) is 0 Å². The topological polar surface area (TPSA) is 112 Å². The van der Waals surface area contributed by atoms with Gasteiger partial charge in [-0.1, -0.05) is 68.4 Å². The molecule has 5 aromatic rings. The molecule has 1 amide bonds. The summed E-state index contributed by atoms with van der Waals surface area (Å²) in [5.74, 6) is -1.97. The van der Waals surface area contributed by atoms with Crippen LogP contribution in [-0.2, 0) is 11.3 Å². The second-order valence-corrected chi connectivity index (χ2v) is 11.6. The number of fused-ring (bicyclic) bond motifs is 1. The molecule has 4 aromatic carbocycles. The van der Waals surface area contributed by atoms with Crippen LogP contribution in [0.25, 0.3) is 33.2 Å². The van der Waals surface area contributed by atoms with Crippen molar-refractivity contribution < 1.29 is 29.3 Å².